The summed E-state index contributed by atoms with van der Waals surface area (Å²) in [7, 11) is 2.00. The summed E-state index contributed by atoms with van der Waals surface area (Å²) in [6.07, 6.45) is -1.98. The Hall–Kier alpha value is -4.38. The third-order valence-corrected chi connectivity index (χ3v) is 9.00. The molecule has 6 atom stereocenters. The number of ether oxygens (including phenoxy) is 3. The number of amides is 1. The average molecular weight is 667 g/mol. The van der Waals surface area contributed by atoms with Gasteiger partial charge in [-0.25, -0.2) is 0 Å². The maximum absolute atomic E-state index is 12.4. The van der Waals surface area contributed by atoms with Gasteiger partial charge in [0.2, 0.25) is 0 Å². The summed E-state index contributed by atoms with van der Waals surface area (Å²) < 4.78 is 18.2. The van der Waals surface area contributed by atoms with Crippen molar-refractivity contribution in [2.45, 2.75) is 77.1 Å². The van der Waals surface area contributed by atoms with Gasteiger partial charge in [-0.1, -0.05) is 91.0 Å². The van der Waals surface area contributed by atoms with Crippen LogP contribution < -0.4 is 5.32 Å². The lowest BCUT2D eigenvalue weighted by Gasteiger charge is -2.39. The zero-order chi connectivity index (χ0) is 34.9. The zero-order valence-electron chi connectivity index (χ0n) is 28.5. The highest BCUT2D eigenvalue weighted by Gasteiger charge is 2.34. The summed E-state index contributed by atoms with van der Waals surface area (Å²) in [5.74, 6) is -0.866. The van der Waals surface area contributed by atoms with Gasteiger partial charge in [0.15, 0.2) is 12.4 Å². The minimum absolute atomic E-state index is 0.0274. The average Bonchev–Trinajstić information content (AvgIpc) is 3.13. The number of carbonyl (C=O) groups is 2. The van der Waals surface area contributed by atoms with Crippen molar-refractivity contribution in [2.75, 3.05) is 13.6 Å². The van der Waals surface area contributed by atoms with Crippen LogP contribution in [0.2, 0.25) is 0 Å². The molecule has 258 valence electrons. The van der Waals surface area contributed by atoms with Crippen LogP contribution in [0.15, 0.2) is 103 Å². The fourth-order valence-corrected chi connectivity index (χ4v) is 6.05. The lowest BCUT2D eigenvalue weighted by Crippen LogP contribution is -2.43. The maximum atomic E-state index is 12.4. The molecule has 0 spiro atoms. The summed E-state index contributed by atoms with van der Waals surface area (Å²) in [5.41, 5.74) is 6.41. The SMILES string of the molecule is CC(=O)OC(C)C(=O)NCc1cccc(-c2cccc(C3OC(CN(C)C(C)C(O)c4ccccc4)CC(c4ccc(CO)cc4)O3)c2)c1. The smallest absolute Gasteiger partial charge is 0.303 e. The van der Waals surface area contributed by atoms with E-state index in [2.05, 4.69) is 16.3 Å². The van der Waals surface area contributed by atoms with Gasteiger partial charge in [0.25, 0.3) is 5.91 Å². The Morgan fingerprint density at radius 3 is 2.27 bits per heavy atom. The number of aliphatic hydroxyl groups excluding tert-OH is 2. The van der Waals surface area contributed by atoms with Gasteiger partial charge in [-0.15, -0.1) is 0 Å². The van der Waals surface area contributed by atoms with Crippen LogP contribution in [0.4, 0.5) is 0 Å². The van der Waals surface area contributed by atoms with Gasteiger partial charge in [-0.3, -0.25) is 14.5 Å². The molecule has 0 saturated carbocycles. The molecule has 49 heavy (non-hydrogen) atoms. The van der Waals surface area contributed by atoms with Crippen molar-refractivity contribution >= 4 is 11.9 Å². The summed E-state index contributed by atoms with van der Waals surface area (Å²) in [4.78, 5) is 25.7. The minimum atomic E-state index is -0.870. The largest absolute Gasteiger partial charge is 0.453 e. The molecule has 3 N–H and O–H groups in total. The zero-order valence-corrected chi connectivity index (χ0v) is 28.5. The third-order valence-electron chi connectivity index (χ3n) is 9.00. The summed E-state index contributed by atoms with van der Waals surface area (Å²) in [5, 5.41) is 23.5. The van der Waals surface area contributed by atoms with Crippen LogP contribution >= 0.6 is 0 Å². The van der Waals surface area contributed by atoms with Crippen LogP contribution in [-0.2, 0) is 37.0 Å². The highest BCUT2D eigenvalue weighted by atomic mass is 16.7. The van der Waals surface area contributed by atoms with E-state index in [1.54, 1.807) is 6.92 Å². The van der Waals surface area contributed by atoms with Gasteiger partial charge < -0.3 is 29.7 Å². The molecule has 1 aliphatic rings. The Kier molecular flexibility index (Phi) is 12.3. The molecule has 4 aromatic carbocycles. The first kappa shape index (κ1) is 35.9. The molecule has 1 saturated heterocycles. The predicted molar refractivity (Wildman–Crippen MR) is 187 cm³/mol. The van der Waals surface area contributed by atoms with E-state index < -0.39 is 24.5 Å². The van der Waals surface area contributed by atoms with Crippen molar-refractivity contribution in [2.24, 2.45) is 0 Å². The van der Waals surface area contributed by atoms with E-state index in [-0.39, 0.29) is 37.3 Å². The van der Waals surface area contributed by atoms with Crippen LogP contribution in [0.5, 0.6) is 0 Å². The van der Waals surface area contributed by atoms with E-state index in [1.165, 1.54) is 6.92 Å². The molecule has 4 aromatic rings. The second kappa shape index (κ2) is 16.8. The van der Waals surface area contributed by atoms with E-state index in [9.17, 15) is 19.8 Å². The maximum Gasteiger partial charge on any atom is 0.303 e. The van der Waals surface area contributed by atoms with Gasteiger partial charge in [0.05, 0.1) is 24.9 Å². The lowest BCUT2D eigenvalue weighted by molar-refractivity contribution is -0.253. The highest BCUT2D eigenvalue weighted by Crippen LogP contribution is 2.39. The molecule has 0 radical (unpaired) electrons. The van der Waals surface area contributed by atoms with Crippen LogP contribution in [0.25, 0.3) is 11.1 Å². The Morgan fingerprint density at radius 1 is 0.878 bits per heavy atom. The lowest BCUT2D eigenvalue weighted by atomic mass is 9.97. The number of nitrogens with zero attached hydrogens (tertiary/aromatic N) is 1. The number of hydrogen-bond acceptors (Lipinski definition) is 8. The monoisotopic (exact) mass is 666 g/mol. The molecule has 1 aliphatic heterocycles. The molecular weight excluding hydrogens is 620 g/mol. The van der Waals surface area contributed by atoms with Gasteiger partial charge in [-0.2, -0.15) is 0 Å². The molecule has 1 fully saturated rings. The minimum Gasteiger partial charge on any atom is -0.453 e. The van der Waals surface area contributed by atoms with Crippen LogP contribution in [0.1, 0.15) is 73.5 Å². The first-order chi connectivity index (χ1) is 23.6. The molecule has 5 rings (SSSR count). The number of hydrogen-bond donors (Lipinski definition) is 3. The molecule has 0 bridgehead atoms. The predicted octanol–water partition coefficient (Wildman–Crippen LogP) is 6.01. The number of carbonyl (C=O) groups excluding carboxylic acids is 2. The number of esters is 1. The molecule has 1 heterocycles. The van der Waals surface area contributed by atoms with E-state index in [0.29, 0.717) is 13.0 Å². The van der Waals surface area contributed by atoms with E-state index in [0.717, 1.165) is 38.9 Å². The molecule has 6 unspecified atom stereocenters. The summed E-state index contributed by atoms with van der Waals surface area (Å²) >= 11 is 0. The van der Waals surface area contributed by atoms with E-state index in [1.807, 2.05) is 111 Å². The van der Waals surface area contributed by atoms with E-state index in [4.69, 9.17) is 14.2 Å². The second-order valence-electron chi connectivity index (χ2n) is 12.7. The van der Waals surface area contributed by atoms with Crippen molar-refractivity contribution < 1.29 is 34.0 Å². The fraction of sp³-hybridized carbons (Fsp3) is 0.350. The van der Waals surface area contributed by atoms with Gasteiger partial charge >= 0.3 is 5.97 Å². The fourth-order valence-electron chi connectivity index (χ4n) is 6.05. The molecule has 9 heteroatoms. The van der Waals surface area contributed by atoms with Gasteiger partial charge in [0, 0.05) is 38.0 Å². The number of likely N-dealkylation sites (N-methyl/N-ethyl adjacent to an activating group) is 1. The molecule has 0 aliphatic carbocycles. The number of benzene rings is 4. The molecule has 1 amide bonds. The van der Waals surface area contributed by atoms with Crippen LogP contribution in [0, 0.1) is 0 Å². The quantitative estimate of drug-likeness (QED) is 0.149. The van der Waals surface area contributed by atoms with Crippen molar-refractivity contribution in [3.05, 3.63) is 131 Å². The Balaban J connectivity index is 1.34. The molecule has 9 nitrogen and oxygen atoms in total. The van der Waals surface area contributed by atoms with Gasteiger partial charge in [-0.05, 0) is 66.4 Å². The topological polar surface area (TPSA) is 118 Å². The van der Waals surface area contributed by atoms with Crippen molar-refractivity contribution in [1.82, 2.24) is 10.2 Å². The Morgan fingerprint density at radius 2 is 1.57 bits per heavy atom. The number of rotatable bonds is 13. The third kappa shape index (κ3) is 9.62. The van der Waals surface area contributed by atoms with Crippen LogP contribution in [-0.4, -0.2) is 58.8 Å². The van der Waals surface area contributed by atoms with Crippen molar-refractivity contribution in [3.8, 4) is 11.1 Å². The standard InChI is InChI=1S/C40H46N2O7/c1-26(38(45)32-11-6-5-7-12-32)42(4)24-36-22-37(31-18-16-29(25-43)17-19-31)49-40(48-36)35-15-9-14-34(21-35)33-13-8-10-30(20-33)23-41-39(46)27(2)47-28(3)44/h5-21,26-27,36-38,40,43,45H,22-25H2,1-4H3,(H,41,46). The first-order valence-corrected chi connectivity index (χ1v) is 16.7. The molecular formula is C40H46N2O7. The number of nitrogens with one attached hydrogen (secondary N) is 1. The highest BCUT2D eigenvalue weighted by molar-refractivity contribution is 5.82. The summed E-state index contributed by atoms with van der Waals surface area (Å²) in [6, 6.07) is 33.3. The number of aliphatic hydroxyl groups is 2. The second-order valence-corrected chi connectivity index (χ2v) is 12.7. The van der Waals surface area contributed by atoms with E-state index >= 15 is 0 Å². The normalized spacial score (nSPS) is 19.5. The Bertz CT molecular complexity index is 1680. The summed E-state index contributed by atoms with van der Waals surface area (Å²) in [6.45, 7) is 5.68. The Labute approximate surface area is 288 Å². The first-order valence-electron chi connectivity index (χ1n) is 16.7. The molecule has 0 aromatic heterocycles. The van der Waals surface area contributed by atoms with Gasteiger partial charge in [0.1, 0.15) is 0 Å². The van der Waals surface area contributed by atoms with Crippen LogP contribution in [0.3, 0.4) is 0 Å². The van der Waals surface area contributed by atoms with Crippen molar-refractivity contribution in [1.29, 1.82) is 0 Å². The van der Waals surface area contributed by atoms with Crippen molar-refractivity contribution in [3.63, 3.8) is 0 Å².